The van der Waals surface area contributed by atoms with Gasteiger partial charge >= 0.3 is 5.97 Å². The Morgan fingerprint density at radius 2 is 1.55 bits per heavy atom. The first-order chi connectivity index (χ1) is 14.2. The molecule has 0 saturated carbocycles. The summed E-state index contributed by atoms with van der Waals surface area (Å²) in [6.07, 6.45) is 0. The number of benzene rings is 2. The minimum Gasteiger partial charge on any atom is -0.465 e. The monoisotopic (exact) mass is 391 g/mol. The number of carbonyl (C=O) groups is 1. The van der Waals surface area contributed by atoms with E-state index in [1.54, 1.807) is 4.90 Å². The van der Waals surface area contributed by atoms with Gasteiger partial charge in [-0.2, -0.15) is 0 Å². The summed E-state index contributed by atoms with van der Waals surface area (Å²) in [7, 11) is 1.44. The number of ether oxygens (including phenoxy) is 1. The molecule has 5 nitrogen and oxygen atoms in total. The Bertz CT molecular complexity index is 996. The molecule has 1 aromatic heterocycles. The number of para-hydroxylation sites is 1. The number of hydrogen-bond donors (Lipinski definition) is 2. The smallest absolute Gasteiger partial charge is 0.340 e. The van der Waals surface area contributed by atoms with E-state index in [1.165, 1.54) is 17.6 Å². The quantitative estimate of drug-likeness (QED) is 0.633. The van der Waals surface area contributed by atoms with Crippen LogP contribution in [0.4, 0.5) is 0 Å². The van der Waals surface area contributed by atoms with Gasteiger partial charge in [0.15, 0.2) is 0 Å². The number of rotatable bonds is 5. The SMILES string of the molecule is COC(=O)c1c(C[NH+]2CC[NH+](Cc3ccccc3)CC2)nc2ccccc2c1C. The van der Waals surface area contributed by atoms with E-state index in [2.05, 4.69) is 30.3 Å². The van der Waals surface area contributed by atoms with Crippen molar-refractivity contribution in [1.29, 1.82) is 0 Å². The maximum atomic E-state index is 12.5. The molecule has 2 aromatic carbocycles. The molecule has 0 aliphatic carbocycles. The van der Waals surface area contributed by atoms with Crippen molar-refractivity contribution < 1.29 is 19.3 Å². The largest absolute Gasteiger partial charge is 0.465 e. The molecule has 1 aliphatic heterocycles. The average molecular weight is 392 g/mol. The van der Waals surface area contributed by atoms with E-state index in [0.717, 1.165) is 61.4 Å². The fourth-order valence-electron chi connectivity index (χ4n) is 4.37. The Hall–Kier alpha value is -2.76. The number of aryl methyl sites for hydroxylation is 1. The van der Waals surface area contributed by atoms with Gasteiger partial charge in [-0.05, 0) is 18.6 Å². The van der Waals surface area contributed by atoms with Crippen LogP contribution in [0.5, 0.6) is 0 Å². The molecule has 150 valence electrons. The van der Waals surface area contributed by atoms with E-state index in [-0.39, 0.29) is 5.97 Å². The molecule has 0 unspecified atom stereocenters. The van der Waals surface area contributed by atoms with Crippen molar-refractivity contribution in [3.05, 3.63) is 77.0 Å². The predicted octanol–water partition coefficient (Wildman–Crippen LogP) is 0.813. The van der Waals surface area contributed by atoms with Crippen LogP contribution in [0.2, 0.25) is 0 Å². The van der Waals surface area contributed by atoms with Crippen LogP contribution in [0.25, 0.3) is 10.9 Å². The van der Waals surface area contributed by atoms with Crippen LogP contribution in [0, 0.1) is 6.92 Å². The van der Waals surface area contributed by atoms with E-state index in [4.69, 9.17) is 9.72 Å². The number of hydrogen-bond acceptors (Lipinski definition) is 3. The summed E-state index contributed by atoms with van der Waals surface area (Å²) in [4.78, 5) is 20.5. The zero-order chi connectivity index (χ0) is 20.2. The van der Waals surface area contributed by atoms with E-state index in [1.807, 2.05) is 31.2 Å². The third kappa shape index (κ3) is 4.31. The highest BCUT2D eigenvalue weighted by atomic mass is 16.5. The van der Waals surface area contributed by atoms with Crippen molar-refractivity contribution in [3.8, 4) is 0 Å². The lowest BCUT2D eigenvalue weighted by Gasteiger charge is -2.30. The third-order valence-corrected chi connectivity index (χ3v) is 6.00. The second kappa shape index (κ2) is 8.72. The molecule has 0 amide bonds. The van der Waals surface area contributed by atoms with Gasteiger partial charge in [0.1, 0.15) is 45.0 Å². The number of carbonyl (C=O) groups excluding carboxylic acids is 1. The summed E-state index contributed by atoms with van der Waals surface area (Å²) in [5, 5.41) is 1.02. The van der Waals surface area contributed by atoms with Crippen molar-refractivity contribution in [3.63, 3.8) is 0 Å². The Labute approximate surface area is 171 Å². The lowest BCUT2D eigenvalue weighted by molar-refractivity contribution is -1.02. The lowest BCUT2D eigenvalue weighted by atomic mass is 10.0. The first-order valence-corrected chi connectivity index (χ1v) is 10.3. The summed E-state index contributed by atoms with van der Waals surface area (Å²) in [6, 6.07) is 18.7. The van der Waals surface area contributed by atoms with Crippen LogP contribution >= 0.6 is 0 Å². The van der Waals surface area contributed by atoms with Crippen LogP contribution in [0.1, 0.15) is 27.2 Å². The maximum Gasteiger partial charge on any atom is 0.340 e. The van der Waals surface area contributed by atoms with Gasteiger partial charge in [-0.15, -0.1) is 0 Å². The van der Waals surface area contributed by atoms with Crippen molar-refractivity contribution in [2.45, 2.75) is 20.0 Å². The molecule has 3 aromatic rings. The second-order valence-electron chi connectivity index (χ2n) is 7.91. The highest BCUT2D eigenvalue weighted by molar-refractivity contribution is 5.98. The highest BCUT2D eigenvalue weighted by Gasteiger charge is 2.27. The van der Waals surface area contributed by atoms with Crippen LogP contribution in [0.3, 0.4) is 0 Å². The molecule has 0 bridgehead atoms. The van der Waals surface area contributed by atoms with Gasteiger partial charge in [0.05, 0.1) is 18.2 Å². The zero-order valence-corrected chi connectivity index (χ0v) is 17.2. The normalized spacial score (nSPS) is 19.2. The van der Waals surface area contributed by atoms with Crippen LogP contribution in [0.15, 0.2) is 54.6 Å². The summed E-state index contributed by atoms with van der Waals surface area (Å²) in [5.74, 6) is -0.288. The Morgan fingerprint density at radius 1 is 0.931 bits per heavy atom. The topological polar surface area (TPSA) is 48.1 Å². The minimum atomic E-state index is -0.288. The van der Waals surface area contributed by atoms with Crippen LogP contribution in [-0.4, -0.2) is 44.2 Å². The first kappa shape index (κ1) is 19.6. The molecule has 1 fully saturated rings. The molecule has 0 spiro atoms. The van der Waals surface area contributed by atoms with Crippen molar-refractivity contribution in [2.24, 2.45) is 0 Å². The molecule has 4 rings (SSSR count). The fraction of sp³-hybridized carbons (Fsp3) is 0.333. The Kier molecular flexibility index (Phi) is 5.88. The summed E-state index contributed by atoms with van der Waals surface area (Å²) >= 11 is 0. The van der Waals surface area contributed by atoms with Gasteiger partial charge in [0, 0.05) is 10.9 Å². The number of quaternary nitrogens is 2. The van der Waals surface area contributed by atoms with E-state index < -0.39 is 0 Å². The van der Waals surface area contributed by atoms with E-state index >= 15 is 0 Å². The number of nitrogens with zero attached hydrogens (tertiary/aromatic N) is 1. The maximum absolute atomic E-state index is 12.5. The second-order valence-corrected chi connectivity index (χ2v) is 7.91. The Morgan fingerprint density at radius 3 is 2.24 bits per heavy atom. The average Bonchev–Trinajstić information content (AvgIpc) is 2.76. The number of pyridine rings is 1. The molecule has 29 heavy (non-hydrogen) atoms. The van der Waals surface area contributed by atoms with Gasteiger partial charge in [-0.3, -0.25) is 0 Å². The van der Waals surface area contributed by atoms with Gasteiger partial charge in [-0.25, -0.2) is 9.78 Å². The summed E-state index contributed by atoms with van der Waals surface area (Å²) in [5.41, 5.74) is 4.80. The predicted molar refractivity (Wildman–Crippen MR) is 113 cm³/mol. The Balaban J connectivity index is 1.50. The van der Waals surface area contributed by atoms with Crippen LogP contribution in [-0.2, 0) is 17.8 Å². The van der Waals surface area contributed by atoms with Gasteiger partial charge < -0.3 is 14.5 Å². The molecular formula is C24H29N3O2+2. The summed E-state index contributed by atoms with van der Waals surface area (Å²) < 4.78 is 5.09. The zero-order valence-electron chi connectivity index (χ0n) is 17.2. The number of nitrogens with one attached hydrogen (secondary N) is 2. The lowest BCUT2D eigenvalue weighted by Crippen LogP contribution is -3.27. The molecular weight excluding hydrogens is 362 g/mol. The van der Waals surface area contributed by atoms with E-state index in [9.17, 15) is 4.79 Å². The van der Waals surface area contributed by atoms with Crippen molar-refractivity contribution >= 4 is 16.9 Å². The first-order valence-electron chi connectivity index (χ1n) is 10.3. The minimum absolute atomic E-state index is 0.288. The van der Waals surface area contributed by atoms with Crippen molar-refractivity contribution in [1.82, 2.24) is 4.98 Å². The van der Waals surface area contributed by atoms with Gasteiger partial charge in [-0.1, -0.05) is 48.5 Å². The van der Waals surface area contributed by atoms with Gasteiger partial charge in [0.2, 0.25) is 0 Å². The highest BCUT2D eigenvalue weighted by Crippen LogP contribution is 2.23. The number of esters is 1. The summed E-state index contributed by atoms with van der Waals surface area (Å²) in [6.45, 7) is 8.25. The molecule has 5 heteroatoms. The molecule has 1 saturated heterocycles. The molecule has 0 atom stereocenters. The number of methoxy groups -OCH3 is 1. The van der Waals surface area contributed by atoms with Gasteiger partial charge in [0.25, 0.3) is 0 Å². The van der Waals surface area contributed by atoms with E-state index in [0.29, 0.717) is 5.56 Å². The number of piperazine rings is 1. The standard InChI is InChI=1S/C24H27N3O2/c1-18-20-10-6-7-11-21(20)25-22(23(18)24(28)29-2)17-27-14-12-26(13-15-27)16-19-8-4-3-5-9-19/h3-11H,12-17H2,1-2H3/p+2. The third-order valence-electron chi connectivity index (χ3n) is 6.00. The van der Waals surface area contributed by atoms with Crippen molar-refractivity contribution in [2.75, 3.05) is 33.3 Å². The van der Waals surface area contributed by atoms with Crippen LogP contribution < -0.4 is 9.80 Å². The molecule has 2 heterocycles. The fourth-order valence-corrected chi connectivity index (χ4v) is 4.37. The number of aromatic nitrogens is 1. The molecule has 2 N–H and O–H groups in total. The molecule has 1 aliphatic rings. The number of fused-ring (bicyclic) bond motifs is 1. The molecule has 0 radical (unpaired) electrons.